The summed E-state index contributed by atoms with van der Waals surface area (Å²) < 4.78 is 12.2. The van der Waals surface area contributed by atoms with Crippen LogP contribution in [0.1, 0.15) is 105 Å². The van der Waals surface area contributed by atoms with E-state index >= 15 is 0 Å². The van der Waals surface area contributed by atoms with Crippen molar-refractivity contribution < 1.29 is 19.1 Å². The number of rotatable bonds is 4. The summed E-state index contributed by atoms with van der Waals surface area (Å²) in [4.78, 5) is 26.4. The molecule has 0 N–H and O–H groups in total. The van der Waals surface area contributed by atoms with E-state index in [2.05, 4.69) is 41.5 Å². The maximum atomic E-state index is 13.2. The number of fused-ring (bicyclic) bond motifs is 5. The summed E-state index contributed by atoms with van der Waals surface area (Å²) in [5.41, 5.74) is 3.49. The van der Waals surface area contributed by atoms with Crippen molar-refractivity contribution in [1.29, 1.82) is 0 Å². The van der Waals surface area contributed by atoms with Crippen LogP contribution in [-0.4, -0.2) is 24.1 Å². The lowest BCUT2D eigenvalue weighted by atomic mass is 9.69. The molecule has 6 atom stereocenters. The van der Waals surface area contributed by atoms with Crippen LogP contribution in [0, 0.1) is 23.7 Å². The monoisotopic (exact) mass is 502 g/mol. The smallest absolute Gasteiger partial charge is 0.338 e. The minimum atomic E-state index is -0.409. The molecule has 4 heteroatoms. The number of esters is 2. The van der Waals surface area contributed by atoms with Gasteiger partial charge in [0.25, 0.3) is 0 Å². The SMILES string of the molecule is CC(C)(C)c1ccc(C(=O)OC2CC3C4CCC(C4)C3CC2OC(=O)c2ccc(C(C)(C)C)cc2)cc1. The van der Waals surface area contributed by atoms with Crippen LogP contribution < -0.4 is 0 Å². The molecule has 5 rings (SSSR count). The molecule has 3 aliphatic rings. The topological polar surface area (TPSA) is 52.6 Å². The molecule has 0 aliphatic heterocycles. The van der Waals surface area contributed by atoms with E-state index in [1.165, 1.54) is 30.4 Å². The number of ether oxygens (including phenoxy) is 2. The lowest BCUT2D eigenvalue weighted by Gasteiger charge is -2.42. The van der Waals surface area contributed by atoms with Crippen LogP contribution in [0.3, 0.4) is 0 Å². The van der Waals surface area contributed by atoms with Gasteiger partial charge >= 0.3 is 11.9 Å². The molecule has 2 bridgehead atoms. The molecule has 2 aromatic carbocycles. The zero-order valence-corrected chi connectivity index (χ0v) is 23.3. The third-order valence-electron chi connectivity index (χ3n) is 9.19. The van der Waals surface area contributed by atoms with E-state index in [-0.39, 0.29) is 22.8 Å². The lowest BCUT2D eigenvalue weighted by Crippen LogP contribution is -2.45. The van der Waals surface area contributed by atoms with Crippen LogP contribution >= 0.6 is 0 Å². The van der Waals surface area contributed by atoms with Crippen molar-refractivity contribution in [2.24, 2.45) is 23.7 Å². The first-order valence-corrected chi connectivity index (χ1v) is 14.0. The summed E-state index contributed by atoms with van der Waals surface area (Å²) in [5, 5.41) is 0. The van der Waals surface area contributed by atoms with Crippen LogP contribution in [0.25, 0.3) is 0 Å². The summed E-state index contributed by atoms with van der Waals surface area (Å²) in [7, 11) is 0. The Morgan fingerprint density at radius 1 is 0.595 bits per heavy atom. The molecule has 6 unspecified atom stereocenters. The van der Waals surface area contributed by atoms with Crippen molar-refractivity contribution in [3.63, 3.8) is 0 Å². The highest BCUT2D eigenvalue weighted by Gasteiger charge is 2.53. The summed E-state index contributed by atoms with van der Waals surface area (Å²) in [6.45, 7) is 12.9. The Morgan fingerprint density at radius 3 is 1.27 bits per heavy atom. The standard InChI is InChI=1S/C33H42O4/c1-32(2,3)24-13-9-20(10-14-24)30(34)36-28-18-26-22-7-8-23(17-22)27(26)19-29(28)37-31(35)21-11-15-25(16-12-21)33(4,5)6/h9-16,22-23,26-29H,7-8,17-19H2,1-6H3. The van der Waals surface area contributed by atoms with Gasteiger partial charge in [0.15, 0.2) is 0 Å². The maximum Gasteiger partial charge on any atom is 0.338 e. The van der Waals surface area contributed by atoms with Gasteiger partial charge in [-0.25, -0.2) is 9.59 Å². The molecule has 3 saturated carbocycles. The molecule has 0 saturated heterocycles. The van der Waals surface area contributed by atoms with Crippen molar-refractivity contribution in [1.82, 2.24) is 0 Å². The van der Waals surface area contributed by atoms with Gasteiger partial charge in [-0.3, -0.25) is 0 Å². The zero-order chi connectivity index (χ0) is 26.5. The Labute approximate surface area is 222 Å². The average molecular weight is 503 g/mol. The highest BCUT2D eigenvalue weighted by atomic mass is 16.6. The highest BCUT2D eigenvalue weighted by Crippen LogP contribution is 2.58. The molecule has 3 aliphatic carbocycles. The first-order chi connectivity index (χ1) is 17.4. The van der Waals surface area contributed by atoms with Gasteiger partial charge in [-0.1, -0.05) is 65.8 Å². The first kappa shape index (κ1) is 26.0. The van der Waals surface area contributed by atoms with E-state index < -0.39 is 12.2 Å². The summed E-state index contributed by atoms with van der Waals surface area (Å²) >= 11 is 0. The maximum absolute atomic E-state index is 13.2. The molecule has 0 radical (unpaired) electrons. The number of carbonyl (C=O) groups excluding carboxylic acids is 2. The highest BCUT2D eigenvalue weighted by molar-refractivity contribution is 5.90. The summed E-state index contributed by atoms with van der Waals surface area (Å²) in [6.07, 6.45) is 4.61. The number of carbonyl (C=O) groups is 2. The Bertz CT molecular complexity index is 1040. The molecule has 4 nitrogen and oxygen atoms in total. The molecule has 2 aromatic rings. The average Bonchev–Trinajstić information content (AvgIpc) is 3.46. The number of hydrogen-bond donors (Lipinski definition) is 0. The first-order valence-electron chi connectivity index (χ1n) is 14.0. The number of hydrogen-bond acceptors (Lipinski definition) is 4. The van der Waals surface area contributed by atoms with Crippen molar-refractivity contribution in [3.05, 3.63) is 70.8 Å². The fourth-order valence-electron chi connectivity index (χ4n) is 6.98. The van der Waals surface area contributed by atoms with Gasteiger partial charge in [-0.05, 0) is 102 Å². The summed E-state index contributed by atoms with van der Waals surface area (Å²) in [6, 6.07) is 15.4. The van der Waals surface area contributed by atoms with Gasteiger partial charge < -0.3 is 9.47 Å². The van der Waals surface area contributed by atoms with Crippen molar-refractivity contribution >= 4 is 11.9 Å². The lowest BCUT2D eigenvalue weighted by molar-refractivity contribution is -0.0822. The van der Waals surface area contributed by atoms with Crippen LogP contribution in [0.4, 0.5) is 0 Å². The van der Waals surface area contributed by atoms with Gasteiger partial charge in [0.05, 0.1) is 11.1 Å². The normalized spacial score (nSPS) is 29.0. The molecule has 3 fully saturated rings. The van der Waals surface area contributed by atoms with E-state index in [1.807, 2.05) is 48.5 Å². The van der Waals surface area contributed by atoms with Crippen LogP contribution in [-0.2, 0) is 20.3 Å². The predicted octanol–water partition coefficient (Wildman–Crippen LogP) is 7.49. The predicted molar refractivity (Wildman–Crippen MR) is 146 cm³/mol. The second-order valence-electron chi connectivity index (χ2n) is 13.7. The van der Waals surface area contributed by atoms with Crippen LogP contribution in [0.15, 0.2) is 48.5 Å². The second kappa shape index (κ2) is 9.60. The number of benzene rings is 2. The fraction of sp³-hybridized carbons (Fsp3) is 0.576. The second-order valence-corrected chi connectivity index (χ2v) is 13.7. The quantitative estimate of drug-likeness (QED) is 0.407. The third kappa shape index (κ3) is 5.35. The van der Waals surface area contributed by atoms with E-state index in [4.69, 9.17) is 9.47 Å². The summed E-state index contributed by atoms with van der Waals surface area (Å²) in [5.74, 6) is 1.93. The molecular formula is C33H42O4. The van der Waals surface area contributed by atoms with E-state index in [0.717, 1.165) is 24.7 Å². The molecular weight excluding hydrogens is 460 g/mol. The molecule has 0 heterocycles. The molecule has 0 spiro atoms. The Morgan fingerprint density at radius 2 is 0.946 bits per heavy atom. The largest absolute Gasteiger partial charge is 0.455 e. The van der Waals surface area contributed by atoms with Gasteiger partial charge in [0.2, 0.25) is 0 Å². The fourth-order valence-corrected chi connectivity index (χ4v) is 6.98. The Balaban J connectivity index is 1.32. The third-order valence-corrected chi connectivity index (χ3v) is 9.19. The molecule has 37 heavy (non-hydrogen) atoms. The van der Waals surface area contributed by atoms with E-state index in [1.54, 1.807) is 0 Å². The Hall–Kier alpha value is -2.62. The zero-order valence-electron chi connectivity index (χ0n) is 23.3. The Kier molecular flexibility index (Phi) is 6.75. The molecule has 198 valence electrons. The van der Waals surface area contributed by atoms with Crippen LogP contribution in [0.5, 0.6) is 0 Å². The minimum Gasteiger partial charge on any atom is -0.455 e. The van der Waals surface area contributed by atoms with Crippen molar-refractivity contribution in [2.45, 2.75) is 96.7 Å². The van der Waals surface area contributed by atoms with E-state index in [0.29, 0.717) is 23.0 Å². The van der Waals surface area contributed by atoms with Gasteiger partial charge in [-0.2, -0.15) is 0 Å². The van der Waals surface area contributed by atoms with Gasteiger partial charge in [0.1, 0.15) is 12.2 Å². The van der Waals surface area contributed by atoms with Crippen molar-refractivity contribution in [2.75, 3.05) is 0 Å². The molecule has 0 amide bonds. The van der Waals surface area contributed by atoms with E-state index in [9.17, 15) is 9.59 Å². The van der Waals surface area contributed by atoms with Gasteiger partial charge in [0, 0.05) is 0 Å². The molecule has 0 aromatic heterocycles. The van der Waals surface area contributed by atoms with Gasteiger partial charge in [-0.15, -0.1) is 0 Å². The minimum absolute atomic E-state index is 0.0208. The van der Waals surface area contributed by atoms with Crippen LogP contribution in [0.2, 0.25) is 0 Å². The van der Waals surface area contributed by atoms with Crippen molar-refractivity contribution in [3.8, 4) is 0 Å².